The van der Waals surface area contributed by atoms with E-state index >= 15 is 0 Å². The van der Waals surface area contributed by atoms with Crippen LogP contribution >= 0.6 is 0 Å². The van der Waals surface area contributed by atoms with E-state index in [-0.39, 0.29) is 5.56 Å². The van der Waals surface area contributed by atoms with Crippen LogP contribution in [0.2, 0.25) is 0 Å². The zero-order valence-electron chi connectivity index (χ0n) is 6.11. The lowest BCUT2D eigenvalue weighted by atomic mass is 10.5. The average molecular weight is 162 g/mol. The molecule has 1 aromatic heterocycles. The van der Waals surface area contributed by atoms with Gasteiger partial charge in [0.15, 0.2) is 6.19 Å². The lowest BCUT2D eigenvalue weighted by molar-refractivity contribution is 1.19. The molecule has 0 bridgehead atoms. The van der Waals surface area contributed by atoms with Crippen molar-refractivity contribution in [2.24, 2.45) is 4.99 Å². The molecule has 0 spiro atoms. The largest absolute Gasteiger partial charge is 0.307 e. The Morgan fingerprint density at radius 3 is 3.17 bits per heavy atom. The van der Waals surface area contributed by atoms with Crippen LogP contribution in [-0.4, -0.2) is 11.3 Å². The van der Waals surface area contributed by atoms with Gasteiger partial charge in [-0.15, -0.1) is 0 Å². The molecule has 5 heteroatoms. The van der Waals surface area contributed by atoms with E-state index in [1.54, 1.807) is 18.3 Å². The quantitative estimate of drug-likeness (QED) is 0.280. The van der Waals surface area contributed by atoms with E-state index in [1.165, 1.54) is 12.4 Å². The van der Waals surface area contributed by atoms with Crippen LogP contribution in [0.1, 0.15) is 0 Å². The van der Waals surface area contributed by atoms with Crippen molar-refractivity contribution in [1.82, 2.24) is 10.3 Å². The number of nitrogens with zero attached hydrogens (tertiary/aromatic N) is 2. The van der Waals surface area contributed by atoms with E-state index < -0.39 is 0 Å². The van der Waals surface area contributed by atoms with Gasteiger partial charge in [0.1, 0.15) is 12.2 Å². The van der Waals surface area contributed by atoms with Crippen molar-refractivity contribution in [3.05, 3.63) is 28.6 Å². The van der Waals surface area contributed by atoms with Gasteiger partial charge in [-0.05, 0) is 6.07 Å². The Bertz CT molecular complexity index is 373. The maximum atomic E-state index is 10.7. The van der Waals surface area contributed by atoms with Crippen LogP contribution in [0.25, 0.3) is 0 Å². The Hall–Kier alpha value is -2.09. The summed E-state index contributed by atoms with van der Waals surface area (Å²) >= 11 is 0. The van der Waals surface area contributed by atoms with E-state index in [0.29, 0.717) is 5.82 Å². The molecule has 1 heterocycles. The molecule has 0 radical (unpaired) electrons. The molecule has 2 N–H and O–H groups in total. The zero-order chi connectivity index (χ0) is 8.81. The predicted octanol–water partition coefficient (Wildman–Crippen LogP) is 0.105. The molecule has 0 aliphatic carbocycles. The number of aromatic nitrogens is 1. The van der Waals surface area contributed by atoms with Gasteiger partial charge < -0.3 is 4.98 Å². The molecule has 0 aliphatic rings. The Balaban J connectivity index is 2.78. The second-order valence-electron chi connectivity index (χ2n) is 1.91. The van der Waals surface area contributed by atoms with Crippen LogP contribution in [0, 0.1) is 11.5 Å². The SMILES string of the molecule is N#CNC=Nc1cccc(=O)[nH]1. The summed E-state index contributed by atoms with van der Waals surface area (Å²) in [5, 5.41) is 10.3. The highest BCUT2D eigenvalue weighted by molar-refractivity contribution is 5.60. The van der Waals surface area contributed by atoms with Gasteiger partial charge in [-0.1, -0.05) is 6.07 Å². The Kier molecular flexibility index (Phi) is 2.62. The highest BCUT2D eigenvalue weighted by atomic mass is 16.1. The summed E-state index contributed by atoms with van der Waals surface area (Å²) in [6, 6.07) is 4.59. The Morgan fingerprint density at radius 2 is 2.50 bits per heavy atom. The average Bonchev–Trinajstić information content (AvgIpc) is 2.05. The van der Waals surface area contributed by atoms with Crippen molar-refractivity contribution in [1.29, 1.82) is 5.26 Å². The molecule has 1 aromatic rings. The van der Waals surface area contributed by atoms with Crippen molar-refractivity contribution in [3.63, 3.8) is 0 Å². The van der Waals surface area contributed by atoms with Crippen LogP contribution in [0.4, 0.5) is 5.82 Å². The first kappa shape index (κ1) is 8.01. The second-order valence-corrected chi connectivity index (χ2v) is 1.91. The van der Waals surface area contributed by atoms with Gasteiger partial charge in [0.05, 0.1) is 0 Å². The smallest absolute Gasteiger partial charge is 0.249 e. The molecule has 0 saturated heterocycles. The van der Waals surface area contributed by atoms with Crippen molar-refractivity contribution < 1.29 is 0 Å². The summed E-state index contributed by atoms with van der Waals surface area (Å²) in [4.78, 5) is 16.9. The van der Waals surface area contributed by atoms with Crippen LogP contribution in [0.15, 0.2) is 28.0 Å². The van der Waals surface area contributed by atoms with Gasteiger partial charge in [-0.3, -0.25) is 10.1 Å². The molecule has 60 valence electrons. The lowest BCUT2D eigenvalue weighted by Crippen LogP contribution is -2.03. The van der Waals surface area contributed by atoms with Crippen LogP contribution in [-0.2, 0) is 0 Å². The minimum atomic E-state index is -0.221. The van der Waals surface area contributed by atoms with Crippen molar-refractivity contribution in [2.45, 2.75) is 0 Å². The molecule has 0 aliphatic heterocycles. The summed E-state index contributed by atoms with van der Waals surface area (Å²) in [6.45, 7) is 0. The maximum absolute atomic E-state index is 10.7. The number of rotatable bonds is 2. The van der Waals surface area contributed by atoms with E-state index in [2.05, 4.69) is 15.3 Å². The summed E-state index contributed by atoms with van der Waals surface area (Å²) < 4.78 is 0. The molecule has 0 aromatic carbocycles. The molecule has 0 amide bonds. The molecule has 1 rings (SSSR count). The minimum absolute atomic E-state index is 0.221. The van der Waals surface area contributed by atoms with E-state index in [0.717, 1.165) is 0 Å². The van der Waals surface area contributed by atoms with Crippen molar-refractivity contribution >= 4 is 12.2 Å². The third-order valence-corrected chi connectivity index (χ3v) is 1.09. The summed E-state index contributed by atoms with van der Waals surface area (Å²) in [7, 11) is 0. The number of nitriles is 1. The number of aliphatic imine (C=N–C) groups is 1. The third kappa shape index (κ3) is 2.27. The van der Waals surface area contributed by atoms with E-state index in [9.17, 15) is 4.79 Å². The van der Waals surface area contributed by atoms with E-state index in [1.807, 2.05) is 0 Å². The number of nitrogens with one attached hydrogen (secondary N) is 2. The number of aromatic amines is 1. The monoisotopic (exact) mass is 162 g/mol. The Morgan fingerprint density at radius 1 is 1.67 bits per heavy atom. The van der Waals surface area contributed by atoms with Crippen LogP contribution < -0.4 is 10.9 Å². The normalized spacial score (nSPS) is 9.58. The first-order valence-electron chi connectivity index (χ1n) is 3.19. The van der Waals surface area contributed by atoms with E-state index in [4.69, 9.17) is 5.26 Å². The topological polar surface area (TPSA) is 81.0 Å². The fourth-order valence-electron chi connectivity index (χ4n) is 0.642. The second kappa shape index (κ2) is 3.93. The molecule has 0 fully saturated rings. The van der Waals surface area contributed by atoms with Gasteiger partial charge in [0.2, 0.25) is 5.56 Å². The van der Waals surface area contributed by atoms with Gasteiger partial charge in [-0.2, -0.15) is 5.26 Å². The fraction of sp³-hybridized carbons (Fsp3) is 0. The first-order chi connectivity index (χ1) is 5.83. The minimum Gasteiger partial charge on any atom is -0.307 e. The molecule has 12 heavy (non-hydrogen) atoms. The van der Waals surface area contributed by atoms with Gasteiger partial charge >= 0.3 is 0 Å². The summed E-state index contributed by atoms with van der Waals surface area (Å²) in [5.41, 5.74) is -0.221. The summed E-state index contributed by atoms with van der Waals surface area (Å²) in [6.07, 6.45) is 2.86. The first-order valence-corrected chi connectivity index (χ1v) is 3.19. The number of hydrogen-bond donors (Lipinski definition) is 2. The fourth-order valence-corrected chi connectivity index (χ4v) is 0.642. The molecular weight excluding hydrogens is 156 g/mol. The molecule has 0 atom stereocenters. The van der Waals surface area contributed by atoms with Gasteiger partial charge in [-0.25, -0.2) is 4.99 Å². The van der Waals surface area contributed by atoms with Gasteiger partial charge in [0, 0.05) is 6.07 Å². The summed E-state index contributed by atoms with van der Waals surface area (Å²) in [5.74, 6) is 0.408. The zero-order valence-corrected chi connectivity index (χ0v) is 6.11. The third-order valence-electron chi connectivity index (χ3n) is 1.09. The van der Waals surface area contributed by atoms with Crippen LogP contribution in [0.5, 0.6) is 0 Å². The highest BCUT2D eigenvalue weighted by Gasteiger charge is 1.85. The number of pyridine rings is 1. The highest BCUT2D eigenvalue weighted by Crippen LogP contribution is 1.99. The maximum Gasteiger partial charge on any atom is 0.249 e. The lowest BCUT2D eigenvalue weighted by Gasteiger charge is -1.89. The molecule has 5 nitrogen and oxygen atoms in total. The number of hydrogen-bond acceptors (Lipinski definition) is 3. The molecule has 0 unspecified atom stereocenters. The van der Waals surface area contributed by atoms with Crippen LogP contribution in [0.3, 0.4) is 0 Å². The van der Waals surface area contributed by atoms with Gasteiger partial charge in [0.25, 0.3) is 0 Å². The standard InChI is InChI=1S/C7H6N4O/c8-4-9-5-10-6-2-1-3-7(12)11-6/h1-3,5H,(H2,9,10,11,12). The molecule has 0 saturated carbocycles. The Labute approximate surface area is 68.4 Å². The van der Waals surface area contributed by atoms with Crippen molar-refractivity contribution in [3.8, 4) is 6.19 Å². The molecular formula is C7H6N4O. The van der Waals surface area contributed by atoms with Crippen molar-refractivity contribution in [2.75, 3.05) is 0 Å². The predicted molar refractivity (Wildman–Crippen MR) is 44.0 cm³/mol. The number of H-pyrrole nitrogens is 1.